The van der Waals surface area contributed by atoms with E-state index < -0.39 is 0 Å². The van der Waals surface area contributed by atoms with Crippen molar-refractivity contribution >= 4 is 35.6 Å². The van der Waals surface area contributed by atoms with Crippen molar-refractivity contribution in [1.29, 1.82) is 0 Å². The van der Waals surface area contributed by atoms with Gasteiger partial charge in [-0.3, -0.25) is 9.98 Å². The van der Waals surface area contributed by atoms with E-state index in [4.69, 9.17) is 15.2 Å². The summed E-state index contributed by atoms with van der Waals surface area (Å²) >= 11 is 0. The van der Waals surface area contributed by atoms with Gasteiger partial charge < -0.3 is 20.5 Å². The molecule has 24 heavy (non-hydrogen) atoms. The zero-order valence-corrected chi connectivity index (χ0v) is 15.6. The molecule has 1 aliphatic rings. The lowest BCUT2D eigenvalue weighted by Gasteiger charge is -2.10. The Morgan fingerprint density at radius 1 is 1.12 bits per heavy atom. The third kappa shape index (κ3) is 5.26. The minimum atomic E-state index is 0. The van der Waals surface area contributed by atoms with E-state index in [1.165, 1.54) is 5.56 Å². The van der Waals surface area contributed by atoms with Gasteiger partial charge in [-0.1, -0.05) is 0 Å². The van der Waals surface area contributed by atoms with Gasteiger partial charge in [0.15, 0.2) is 17.5 Å². The second-order valence-electron chi connectivity index (χ2n) is 5.21. The summed E-state index contributed by atoms with van der Waals surface area (Å²) in [6, 6.07) is 9.61. The summed E-state index contributed by atoms with van der Waals surface area (Å²) in [5, 5.41) is 3.08. The highest BCUT2D eigenvalue weighted by Gasteiger charge is 2.10. The lowest BCUT2D eigenvalue weighted by molar-refractivity contribution is 0.297. The SMILES string of the molecule is I.NC(=NCCc1ccncc1)Nc1ccc2c(c1)OCCCO2. The standard InChI is InChI=1S/C17H20N4O2.HI/c18-17(20-9-6-13-4-7-19-8-5-13)21-14-2-3-15-16(12-14)23-11-1-10-22-15;/h2-5,7-8,12H,1,6,9-11H2,(H3,18,20,21);1H. The number of halogens is 1. The molecule has 0 fully saturated rings. The molecule has 1 aromatic carbocycles. The van der Waals surface area contributed by atoms with Crippen LogP contribution in [0.4, 0.5) is 5.69 Å². The topological polar surface area (TPSA) is 81.8 Å². The van der Waals surface area contributed by atoms with Crippen LogP contribution in [-0.2, 0) is 6.42 Å². The number of nitrogens with one attached hydrogen (secondary N) is 1. The van der Waals surface area contributed by atoms with Crippen molar-refractivity contribution in [3.63, 3.8) is 0 Å². The Morgan fingerprint density at radius 3 is 2.67 bits per heavy atom. The van der Waals surface area contributed by atoms with E-state index in [1.807, 2.05) is 30.3 Å². The molecule has 0 unspecified atom stereocenters. The zero-order chi connectivity index (χ0) is 15.9. The predicted molar refractivity (Wildman–Crippen MR) is 106 cm³/mol. The monoisotopic (exact) mass is 440 g/mol. The summed E-state index contributed by atoms with van der Waals surface area (Å²) < 4.78 is 11.3. The lowest BCUT2D eigenvalue weighted by atomic mass is 10.2. The van der Waals surface area contributed by atoms with Crippen molar-refractivity contribution in [2.75, 3.05) is 25.1 Å². The quantitative estimate of drug-likeness (QED) is 0.434. The molecular formula is C17H21IN4O2. The van der Waals surface area contributed by atoms with Crippen LogP contribution in [0.25, 0.3) is 0 Å². The zero-order valence-electron chi connectivity index (χ0n) is 13.3. The van der Waals surface area contributed by atoms with Crippen LogP contribution in [0.2, 0.25) is 0 Å². The smallest absolute Gasteiger partial charge is 0.193 e. The number of nitrogens with zero attached hydrogens (tertiary/aromatic N) is 2. The summed E-state index contributed by atoms with van der Waals surface area (Å²) in [6.45, 7) is 1.96. The van der Waals surface area contributed by atoms with Gasteiger partial charge in [-0.05, 0) is 36.2 Å². The molecule has 0 aliphatic carbocycles. The summed E-state index contributed by atoms with van der Waals surface area (Å²) in [5.74, 6) is 1.88. The van der Waals surface area contributed by atoms with Crippen LogP contribution in [0.3, 0.4) is 0 Å². The molecular weight excluding hydrogens is 419 g/mol. The lowest BCUT2D eigenvalue weighted by Crippen LogP contribution is -2.23. The summed E-state index contributed by atoms with van der Waals surface area (Å²) in [5.41, 5.74) is 7.95. The largest absolute Gasteiger partial charge is 0.490 e. The van der Waals surface area contributed by atoms with Gasteiger partial charge in [0.25, 0.3) is 0 Å². The number of hydrogen-bond acceptors (Lipinski definition) is 4. The van der Waals surface area contributed by atoms with Gasteiger partial charge in [0.2, 0.25) is 0 Å². The molecule has 0 saturated heterocycles. The van der Waals surface area contributed by atoms with E-state index in [0.29, 0.717) is 25.7 Å². The van der Waals surface area contributed by atoms with Crippen LogP contribution >= 0.6 is 24.0 Å². The highest BCUT2D eigenvalue weighted by atomic mass is 127. The second kappa shape index (κ2) is 9.31. The Hall–Kier alpha value is -2.03. The average Bonchev–Trinajstić information content (AvgIpc) is 2.81. The number of benzene rings is 1. The van der Waals surface area contributed by atoms with E-state index in [-0.39, 0.29) is 24.0 Å². The molecule has 128 valence electrons. The Morgan fingerprint density at radius 2 is 1.88 bits per heavy atom. The van der Waals surface area contributed by atoms with Crippen molar-refractivity contribution in [3.05, 3.63) is 48.3 Å². The van der Waals surface area contributed by atoms with Crippen molar-refractivity contribution in [1.82, 2.24) is 4.98 Å². The molecule has 1 aliphatic heterocycles. The molecule has 0 bridgehead atoms. The molecule has 0 radical (unpaired) electrons. The molecule has 1 aromatic heterocycles. The number of ether oxygens (including phenoxy) is 2. The molecule has 6 nitrogen and oxygen atoms in total. The molecule has 3 rings (SSSR count). The van der Waals surface area contributed by atoms with Crippen molar-refractivity contribution in [2.45, 2.75) is 12.8 Å². The van der Waals surface area contributed by atoms with Gasteiger partial charge in [0.05, 0.1) is 13.2 Å². The first-order valence-corrected chi connectivity index (χ1v) is 7.67. The minimum absolute atomic E-state index is 0. The summed E-state index contributed by atoms with van der Waals surface area (Å²) in [7, 11) is 0. The Bertz CT molecular complexity index is 680. The average molecular weight is 440 g/mol. The van der Waals surface area contributed by atoms with Gasteiger partial charge in [-0.25, -0.2) is 0 Å². The van der Waals surface area contributed by atoms with E-state index in [1.54, 1.807) is 12.4 Å². The molecule has 3 N–H and O–H groups in total. The molecule has 0 spiro atoms. The fraction of sp³-hybridized carbons (Fsp3) is 0.294. The number of pyridine rings is 1. The molecule has 2 heterocycles. The highest BCUT2D eigenvalue weighted by molar-refractivity contribution is 14.0. The van der Waals surface area contributed by atoms with E-state index >= 15 is 0 Å². The van der Waals surface area contributed by atoms with Gasteiger partial charge >= 0.3 is 0 Å². The maximum absolute atomic E-state index is 5.93. The number of anilines is 1. The number of aromatic nitrogens is 1. The van der Waals surface area contributed by atoms with Crippen molar-refractivity contribution in [2.24, 2.45) is 10.7 Å². The number of fused-ring (bicyclic) bond motifs is 1. The van der Waals surface area contributed by atoms with Gasteiger partial charge in [-0.2, -0.15) is 0 Å². The van der Waals surface area contributed by atoms with Gasteiger partial charge in [-0.15, -0.1) is 24.0 Å². The van der Waals surface area contributed by atoms with Crippen LogP contribution in [0, 0.1) is 0 Å². The van der Waals surface area contributed by atoms with E-state index in [2.05, 4.69) is 15.3 Å². The molecule has 2 aromatic rings. The highest BCUT2D eigenvalue weighted by Crippen LogP contribution is 2.32. The van der Waals surface area contributed by atoms with Crippen molar-refractivity contribution in [3.8, 4) is 11.5 Å². The first-order chi connectivity index (χ1) is 11.3. The Labute approximate surface area is 158 Å². The van der Waals surface area contributed by atoms with Crippen LogP contribution < -0.4 is 20.5 Å². The molecule has 0 saturated carbocycles. The number of rotatable bonds is 4. The third-order valence-electron chi connectivity index (χ3n) is 3.45. The summed E-state index contributed by atoms with van der Waals surface area (Å²) in [4.78, 5) is 8.33. The van der Waals surface area contributed by atoms with Crippen LogP contribution in [0.1, 0.15) is 12.0 Å². The van der Waals surface area contributed by atoms with Gasteiger partial charge in [0, 0.05) is 37.1 Å². The van der Waals surface area contributed by atoms with Crippen LogP contribution in [0.5, 0.6) is 11.5 Å². The number of guanidine groups is 1. The Balaban J connectivity index is 0.00000208. The second-order valence-corrected chi connectivity index (χ2v) is 5.21. The maximum atomic E-state index is 5.93. The fourth-order valence-corrected chi connectivity index (χ4v) is 2.28. The first kappa shape index (κ1) is 18.3. The summed E-state index contributed by atoms with van der Waals surface area (Å²) in [6.07, 6.45) is 5.26. The maximum Gasteiger partial charge on any atom is 0.193 e. The molecule has 7 heteroatoms. The molecule has 0 atom stereocenters. The van der Waals surface area contributed by atoms with E-state index in [9.17, 15) is 0 Å². The molecule has 0 amide bonds. The fourth-order valence-electron chi connectivity index (χ4n) is 2.28. The first-order valence-electron chi connectivity index (χ1n) is 7.67. The number of hydrogen-bond donors (Lipinski definition) is 2. The van der Waals surface area contributed by atoms with Gasteiger partial charge in [0.1, 0.15) is 0 Å². The van der Waals surface area contributed by atoms with E-state index in [0.717, 1.165) is 30.0 Å². The van der Waals surface area contributed by atoms with Crippen molar-refractivity contribution < 1.29 is 9.47 Å². The van der Waals surface area contributed by atoms with Crippen LogP contribution in [-0.4, -0.2) is 30.7 Å². The third-order valence-corrected chi connectivity index (χ3v) is 3.45. The normalized spacial score (nSPS) is 13.6. The Kier molecular flexibility index (Phi) is 7.10. The minimum Gasteiger partial charge on any atom is -0.490 e. The number of aliphatic imine (C=N–C) groups is 1. The number of nitrogens with two attached hydrogens (primary N) is 1. The van der Waals surface area contributed by atoms with Crippen LogP contribution in [0.15, 0.2) is 47.7 Å². The predicted octanol–water partition coefficient (Wildman–Crippen LogP) is 2.83.